The van der Waals surface area contributed by atoms with Gasteiger partial charge in [0.2, 0.25) is 0 Å². The molecule has 124 valence electrons. The minimum absolute atomic E-state index is 0.365. The van der Waals surface area contributed by atoms with Crippen molar-refractivity contribution in [2.75, 3.05) is 7.11 Å². The van der Waals surface area contributed by atoms with Gasteiger partial charge >= 0.3 is 5.97 Å². The summed E-state index contributed by atoms with van der Waals surface area (Å²) in [5.74, 6) is -1.17. The minimum Gasteiger partial charge on any atom is -0.469 e. The first kappa shape index (κ1) is 16.6. The fourth-order valence-corrected chi connectivity index (χ4v) is 3.13. The number of aromatic nitrogens is 1. The summed E-state index contributed by atoms with van der Waals surface area (Å²) < 4.78 is 4.90. The highest BCUT2D eigenvalue weighted by atomic mass is 35.5. The summed E-state index contributed by atoms with van der Waals surface area (Å²) >= 11 is 6.00. The van der Waals surface area contributed by atoms with E-state index >= 15 is 0 Å². The van der Waals surface area contributed by atoms with Crippen LogP contribution >= 0.6 is 11.6 Å². The number of carbonyl (C=O) groups excluding carboxylic acids is 1. The van der Waals surface area contributed by atoms with Gasteiger partial charge in [-0.3, -0.25) is 4.79 Å². The normalized spacial score (nSPS) is 13.6. The van der Waals surface area contributed by atoms with Gasteiger partial charge in [-0.2, -0.15) is 0 Å². The zero-order valence-corrected chi connectivity index (χ0v) is 14.0. The second-order valence-corrected chi connectivity index (χ2v) is 6.13. The van der Waals surface area contributed by atoms with Crippen molar-refractivity contribution in [1.82, 2.24) is 4.98 Å². The molecule has 0 radical (unpaired) electrons. The van der Waals surface area contributed by atoms with Crippen molar-refractivity contribution in [3.63, 3.8) is 0 Å². The number of H-pyrrole nitrogens is 1. The maximum absolute atomic E-state index is 12.2. The predicted octanol–water partition coefficient (Wildman–Crippen LogP) is 3.89. The molecule has 1 aromatic heterocycles. The van der Waals surface area contributed by atoms with E-state index in [4.69, 9.17) is 16.3 Å². The lowest BCUT2D eigenvalue weighted by atomic mass is 9.89. The fraction of sp³-hybridized carbons (Fsp3) is 0.211. The third-order valence-electron chi connectivity index (χ3n) is 4.19. The first-order valence-corrected chi connectivity index (χ1v) is 8.04. The summed E-state index contributed by atoms with van der Waals surface area (Å²) in [5, 5.41) is 12.3. The highest BCUT2D eigenvalue weighted by Crippen LogP contribution is 2.30. The van der Waals surface area contributed by atoms with Crippen LogP contribution in [0.5, 0.6) is 0 Å². The van der Waals surface area contributed by atoms with Gasteiger partial charge in [-0.1, -0.05) is 41.9 Å². The predicted molar refractivity (Wildman–Crippen MR) is 93.9 cm³/mol. The number of rotatable bonds is 5. The molecule has 0 saturated carbocycles. The Bertz CT molecular complexity index is 858. The van der Waals surface area contributed by atoms with Gasteiger partial charge in [0.1, 0.15) is 0 Å². The molecule has 0 fully saturated rings. The summed E-state index contributed by atoms with van der Waals surface area (Å²) in [5.41, 5.74) is 2.55. The molecule has 4 nitrogen and oxygen atoms in total. The van der Waals surface area contributed by atoms with E-state index in [1.165, 1.54) is 7.11 Å². The Balaban J connectivity index is 1.93. The van der Waals surface area contributed by atoms with E-state index in [1.807, 2.05) is 30.5 Å². The SMILES string of the molecule is COC(=O)[C@H](Cc1c[nH]c2ccccc12)[C@H](O)c1cccc(Cl)c1. The molecule has 0 aliphatic heterocycles. The summed E-state index contributed by atoms with van der Waals surface area (Å²) in [6.07, 6.45) is 1.24. The number of esters is 1. The molecule has 5 heteroatoms. The molecule has 0 saturated heterocycles. The van der Waals surface area contributed by atoms with Crippen LogP contribution in [0.15, 0.2) is 54.7 Å². The van der Waals surface area contributed by atoms with E-state index in [0.29, 0.717) is 17.0 Å². The van der Waals surface area contributed by atoms with Gasteiger partial charge in [0, 0.05) is 22.1 Å². The number of ether oxygens (including phenoxy) is 1. The summed E-state index contributed by atoms with van der Waals surface area (Å²) in [6.45, 7) is 0. The van der Waals surface area contributed by atoms with Crippen molar-refractivity contribution in [2.24, 2.45) is 5.92 Å². The number of hydrogen-bond acceptors (Lipinski definition) is 3. The van der Waals surface area contributed by atoms with Crippen LogP contribution < -0.4 is 0 Å². The molecule has 0 spiro atoms. The monoisotopic (exact) mass is 343 g/mol. The van der Waals surface area contributed by atoms with Crippen LogP contribution in [0, 0.1) is 5.92 Å². The molecule has 0 aliphatic rings. The molecular weight excluding hydrogens is 326 g/mol. The molecule has 3 rings (SSSR count). The van der Waals surface area contributed by atoms with Gasteiger partial charge in [0.15, 0.2) is 0 Å². The number of fused-ring (bicyclic) bond motifs is 1. The lowest BCUT2D eigenvalue weighted by molar-refractivity contribution is -0.149. The number of aromatic amines is 1. The molecule has 24 heavy (non-hydrogen) atoms. The molecule has 0 amide bonds. The summed E-state index contributed by atoms with van der Waals surface area (Å²) in [4.78, 5) is 15.4. The Morgan fingerprint density at radius 3 is 2.79 bits per heavy atom. The number of hydrogen-bond donors (Lipinski definition) is 2. The van der Waals surface area contributed by atoms with Crippen molar-refractivity contribution >= 4 is 28.5 Å². The van der Waals surface area contributed by atoms with Crippen LogP contribution in [0.2, 0.25) is 5.02 Å². The largest absolute Gasteiger partial charge is 0.469 e. The minimum atomic E-state index is -0.996. The standard InChI is InChI=1S/C19H18ClNO3/c1-24-19(23)16(18(22)12-5-4-6-14(20)9-12)10-13-11-21-17-8-3-2-7-15(13)17/h2-9,11,16,18,21-22H,10H2,1H3/t16-,18-/m1/s1. The topological polar surface area (TPSA) is 62.3 Å². The van der Waals surface area contributed by atoms with Crippen LogP contribution in [0.1, 0.15) is 17.2 Å². The molecule has 3 aromatic rings. The second kappa shape index (κ2) is 7.07. The van der Waals surface area contributed by atoms with Gasteiger partial charge in [-0.05, 0) is 35.7 Å². The molecule has 2 N–H and O–H groups in total. The zero-order valence-electron chi connectivity index (χ0n) is 13.2. The van der Waals surface area contributed by atoms with E-state index in [1.54, 1.807) is 24.3 Å². The quantitative estimate of drug-likeness (QED) is 0.691. The third-order valence-corrected chi connectivity index (χ3v) is 4.43. The number of aliphatic hydroxyl groups is 1. The van der Waals surface area contributed by atoms with Crippen LogP contribution in [0.4, 0.5) is 0 Å². The maximum Gasteiger partial charge on any atom is 0.311 e. The number of benzene rings is 2. The Hall–Kier alpha value is -2.30. The van der Waals surface area contributed by atoms with Crippen LogP contribution in [-0.2, 0) is 16.0 Å². The zero-order chi connectivity index (χ0) is 17.1. The second-order valence-electron chi connectivity index (χ2n) is 5.69. The van der Waals surface area contributed by atoms with Crippen LogP contribution in [-0.4, -0.2) is 23.2 Å². The lowest BCUT2D eigenvalue weighted by Crippen LogP contribution is -2.25. The third kappa shape index (κ3) is 3.30. The van der Waals surface area contributed by atoms with Gasteiger partial charge in [0.25, 0.3) is 0 Å². The van der Waals surface area contributed by atoms with E-state index < -0.39 is 18.0 Å². The van der Waals surface area contributed by atoms with E-state index in [-0.39, 0.29) is 0 Å². The smallest absolute Gasteiger partial charge is 0.311 e. The molecule has 0 aliphatic carbocycles. The number of aliphatic hydroxyl groups excluding tert-OH is 1. The number of halogens is 1. The van der Waals surface area contributed by atoms with Crippen molar-refractivity contribution in [2.45, 2.75) is 12.5 Å². The molecule has 0 unspecified atom stereocenters. The molecule has 2 aromatic carbocycles. The Morgan fingerprint density at radius 2 is 2.04 bits per heavy atom. The van der Waals surface area contributed by atoms with Crippen molar-refractivity contribution in [3.05, 3.63) is 70.9 Å². The number of methoxy groups -OCH3 is 1. The van der Waals surface area contributed by atoms with E-state index in [0.717, 1.165) is 16.5 Å². The van der Waals surface area contributed by atoms with Crippen LogP contribution in [0.3, 0.4) is 0 Å². The van der Waals surface area contributed by atoms with Crippen molar-refractivity contribution in [3.8, 4) is 0 Å². The molecule has 0 bridgehead atoms. The number of carbonyl (C=O) groups is 1. The van der Waals surface area contributed by atoms with Crippen LogP contribution in [0.25, 0.3) is 10.9 Å². The molecular formula is C19H18ClNO3. The van der Waals surface area contributed by atoms with Crippen molar-refractivity contribution < 1.29 is 14.6 Å². The van der Waals surface area contributed by atoms with E-state index in [2.05, 4.69) is 4.98 Å². The molecule has 1 heterocycles. The highest BCUT2D eigenvalue weighted by molar-refractivity contribution is 6.30. The molecule has 2 atom stereocenters. The van der Waals surface area contributed by atoms with E-state index in [9.17, 15) is 9.90 Å². The fourth-order valence-electron chi connectivity index (χ4n) is 2.94. The number of para-hydroxylation sites is 1. The highest BCUT2D eigenvalue weighted by Gasteiger charge is 2.30. The van der Waals surface area contributed by atoms with Gasteiger partial charge in [-0.15, -0.1) is 0 Å². The average Bonchev–Trinajstić information content (AvgIpc) is 3.01. The first-order valence-electron chi connectivity index (χ1n) is 7.66. The average molecular weight is 344 g/mol. The van der Waals surface area contributed by atoms with Gasteiger partial charge in [0.05, 0.1) is 19.1 Å². The summed E-state index contributed by atoms with van der Waals surface area (Å²) in [7, 11) is 1.33. The Morgan fingerprint density at radius 1 is 1.25 bits per heavy atom. The lowest BCUT2D eigenvalue weighted by Gasteiger charge is -2.21. The van der Waals surface area contributed by atoms with Crippen molar-refractivity contribution in [1.29, 1.82) is 0 Å². The maximum atomic E-state index is 12.2. The summed E-state index contributed by atoms with van der Waals surface area (Å²) in [6, 6.07) is 14.7. The first-order chi connectivity index (χ1) is 11.6. The van der Waals surface area contributed by atoms with Gasteiger partial charge < -0.3 is 14.8 Å². The Kier molecular flexibility index (Phi) is 4.88. The van der Waals surface area contributed by atoms with Gasteiger partial charge in [-0.25, -0.2) is 0 Å². The Labute approximate surface area is 145 Å². The number of nitrogens with one attached hydrogen (secondary N) is 1.